The van der Waals surface area contributed by atoms with Crippen molar-refractivity contribution in [3.05, 3.63) is 23.2 Å². The van der Waals surface area contributed by atoms with Crippen LogP contribution >= 0.6 is 11.6 Å². The van der Waals surface area contributed by atoms with Crippen molar-refractivity contribution in [3.8, 4) is 0 Å². The first kappa shape index (κ1) is 24.1. The van der Waals surface area contributed by atoms with Crippen LogP contribution < -0.4 is 16.0 Å². The molecule has 160 valence electrons. The fourth-order valence-corrected chi connectivity index (χ4v) is 3.00. The van der Waals surface area contributed by atoms with Gasteiger partial charge >= 0.3 is 6.09 Å². The van der Waals surface area contributed by atoms with Crippen molar-refractivity contribution in [2.75, 3.05) is 13.0 Å². The molecule has 8 heteroatoms. The minimum absolute atomic E-state index is 0.0877. The zero-order valence-electron chi connectivity index (χ0n) is 17.8. The van der Waals surface area contributed by atoms with E-state index in [9.17, 15) is 9.59 Å². The Labute approximate surface area is 173 Å². The van der Waals surface area contributed by atoms with Crippen LogP contribution in [0.25, 0.3) is 0 Å². The van der Waals surface area contributed by atoms with E-state index in [1.54, 1.807) is 14.0 Å². The summed E-state index contributed by atoms with van der Waals surface area (Å²) in [5.74, 6) is 0.391. The summed E-state index contributed by atoms with van der Waals surface area (Å²) in [6.07, 6.45) is 5.01. The van der Waals surface area contributed by atoms with Gasteiger partial charge in [0.15, 0.2) is 0 Å². The Hall–Kier alpha value is -1.89. The summed E-state index contributed by atoms with van der Waals surface area (Å²) >= 11 is 5.53. The lowest BCUT2D eigenvalue weighted by atomic mass is 9.91. The van der Waals surface area contributed by atoms with Gasteiger partial charge in [0.25, 0.3) is 0 Å². The van der Waals surface area contributed by atoms with Crippen LogP contribution in [0.4, 0.5) is 4.79 Å². The monoisotopic (exact) mass is 415 g/mol. The topological polar surface area (TPSA) is 88.7 Å². The second kappa shape index (κ2) is 11.2. The number of alkyl carbamates (subject to hydrolysis) is 1. The molecule has 0 saturated heterocycles. The highest BCUT2D eigenvalue weighted by molar-refractivity contribution is 6.27. The number of carbonyl (C=O) groups is 2. The summed E-state index contributed by atoms with van der Waals surface area (Å²) in [6.45, 7) is 9.22. The summed E-state index contributed by atoms with van der Waals surface area (Å²) in [7, 11) is 1.61. The Balaban J connectivity index is 2.61. The molecule has 0 bridgehead atoms. The number of carbonyl (C=O) groups excluding carboxylic acids is 2. The lowest BCUT2D eigenvalue weighted by molar-refractivity contribution is -0.117. The molecule has 0 spiro atoms. The number of rotatable bonds is 7. The lowest BCUT2D eigenvalue weighted by Gasteiger charge is -2.31. The average Bonchev–Trinajstić information content (AvgIpc) is 2.60. The molecule has 2 amide bonds. The third-order valence-corrected chi connectivity index (χ3v) is 4.55. The summed E-state index contributed by atoms with van der Waals surface area (Å²) in [5.41, 5.74) is 1.01. The maximum atomic E-state index is 11.9. The fourth-order valence-electron chi connectivity index (χ4n) is 2.94. The van der Waals surface area contributed by atoms with Crippen molar-refractivity contribution >= 4 is 23.6 Å². The number of methoxy groups -OCH3 is 1. The van der Waals surface area contributed by atoms with E-state index in [1.807, 2.05) is 33.8 Å². The van der Waals surface area contributed by atoms with Crippen molar-refractivity contribution in [1.29, 1.82) is 0 Å². The van der Waals surface area contributed by atoms with Crippen LogP contribution in [0.3, 0.4) is 0 Å². The normalized spacial score (nSPS) is 21.3. The van der Waals surface area contributed by atoms with Crippen LogP contribution in [-0.2, 0) is 14.3 Å². The number of nitrogens with one attached hydrogen (secondary N) is 3. The van der Waals surface area contributed by atoms with Gasteiger partial charge in [-0.05, 0) is 66.4 Å². The van der Waals surface area contributed by atoms with Crippen LogP contribution in [0.1, 0.15) is 60.3 Å². The second-order valence-electron chi connectivity index (χ2n) is 8.02. The first-order valence-corrected chi connectivity index (χ1v) is 10.1. The van der Waals surface area contributed by atoms with E-state index in [4.69, 9.17) is 21.1 Å². The largest absolute Gasteiger partial charge is 0.499 e. The van der Waals surface area contributed by atoms with Gasteiger partial charge in [0.1, 0.15) is 17.2 Å². The predicted molar refractivity (Wildman–Crippen MR) is 111 cm³/mol. The van der Waals surface area contributed by atoms with Crippen molar-refractivity contribution < 1.29 is 19.1 Å². The standard InChI is InChI=1S/C20H34ClN3O4/c1-13(22-18(25)12-21)11-17(14(2)27-6)23-15-7-9-16(10-8-15)24-19(26)28-20(3,4)5/h11,15-16,23H,7-10,12H2,1-6H3,(H,22,25)(H,24,26)/b13-11+,17-14-. The maximum absolute atomic E-state index is 11.9. The highest BCUT2D eigenvalue weighted by atomic mass is 35.5. The fraction of sp³-hybridized carbons (Fsp3) is 0.700. The minimum Gasteiger partial charge on any atom is -0.499 e. The quantitative estimate of drug-likeness (QED) is 0.336. The van der Waals surface area contributed by atoms with Crippen molar-refractivity contribution in [2.24, 2.45) is 0 Å². The third-order valence-electron chi connectivity index (χ3n) is 4.31. The first-order chi connectivity index (χ1) is 13.0. The number of hydrogen-bond acceptors (Lipinski definition) is 5. The van der Waals surface area contributed by atoms with Crippen molar-refractivity contribution in [3.63, 3.8) is 0 Å². The van der Waals surface area contributed by atoms with Crippen molar-refractivity contribution in [1.82, 2.24) is 16.0 Å². The number of alkyl halides is 1. The van der Waals surface area contributed by atoms with Crippen LogP contribution in [0.15, 0.2) is 23.2 Å². The van der Waals surface area contributed by atoms with Gasteiger partial charge in [-0.1, -0.05) is 0 Å². The second-order valence-corrected chi connectivity index (χ2v) is 8.29. The highest BCUT2D eigenvalue weighted by Gasteiger charge is 2.25. The molecule has 1 aliphatic carbocycles. The minimum atomic E-state index is -0.497. The zero-order valence-corrected chi connectivity index (χ0v) is 18.5. The highest BCUT2D eigenvalue weighted by Crippen LogP contribution is 2.21. The van der Waals surface area contributed by atoms with Crippen LogP contribution in [0, 0.1) is 0 Å². The molecule has 0 unspecified atom stereocenters. The molecule has 1 rings (SSSR count). The summed E-state index contributed by atoms with van der Waals surface area (Å²) in [4.78, 5) is 23.4. The predicted octanol–water partition coefficient (Wildman–Crippen LogP) is 3.55. The molecule has 7 nitrogen and oxygen atoms in total. The molecular weight excluding hydrogens is 382 g/mol. The van der Waals surface area contributed by atoms with E-state index in [1.165, 1.54) is 0 Å². The number of hydrogen-bond donors (Lipinski definition) is 3. The zero-order chi connectivity index (χ0) is 21.3. The lowest BCUT2D eigenvalue weighted by Crippen LogP contribution is -2.43. The van der Waals surface area contributed by atoms with Gasteiger partial charge in [0, 0.05) is 17.8 Å². The van der Waals surface area contributed by atoms with Gasteiger partial charge in [0.05, 0.1) is 12.8 Å². The third kappa shape index (κ3) is 9.35. The molecule has 0 aromatic carbocycles. The van der Waals surface area contributed by atoms with Gasteiger partial charge in [-0.15, -0.1) is 11.6 Å². The molecule has 0 heterocycles. The SMILES string of the molecule is CO/C(C)=C(/C=C(\C)NC(=O)CCl)NC1CCC(NC(=O)OC(C)(C)C)CC1. The molecule has 28 heavy (non-hydrogen) atoms. The summed E-state index contributed by atoms with van der Waals surface area (Å²) < 4.78 is 10.7. The van der Waals surface area contributed by atoms with E-state index in [0.717, 1.165) is 37.1 Å². The summed E-state index contributed by atoms with van der Waals surface area (Å²) in [5, 5.41) is 9.16. The molecule has 0 aliphatic heterocycles. The molecule has 0 aromatic rings. The van der Waals surface area contributed by atoms with Gasteiger partial charge in [-0.3, -0.25) is 4.79 Å². The Kier molecular flexibility index (Phi) is 9.65. The van der Waals surface area contributed by atoms with Crippen LogP contribution in [0.2, 0.25) is 0 Å². The van der Waals surface area contributed by atoms with E-state index >= 15 is 0 Å². The van der Waals surface area contributed by atoms with E-state index in [2.05, 4.69) is 16.0 Å². The van der Waals surface area contributed by atoms with Crippen molar-refractivity contribution in [2.45, 2.75) is 78.0 Å². The van der Waals surface area contributed by atoms with Gasteiger partial charge in [-0.2, -0.15) is 0 Å². The van der Waals surface area contributed by atoms with Crippen LogP contribution in [-0.4, -0.2) is 42.7 Å². The molecule has 1 fully saturated rings. The summed E-state index contributed by atoms with van der Waals surface area (Å²) in [6, 6.07) is 0.369. The van der Waals surface area contributed by atoms with E-state index in [0.29, 0.717) is 5.70 Å². The maximum Gasteiger partial charge on any atom is 0.407 e. The molecule has 1 saturated carbocycles. The van der Waals surface area contributed by atoms with Gasteiger partial charge in [-0.25, -0.2) is 4.79 Å². The first-order valence-electron chi connectivity index (χ1n) is 9.59. The number of amides is 2. The molecule has 0 atom stereocenters. The smallest absolute Gasteiger partial charge is 0.407 e. The molecular formula is C20H34ClN3O4. The number of halogens is 1. The Morgan fingerprint density at radius 1 is 1.07 bits per heavy atom. The Bertz CT molecular complexity index is 603. The van der Waals surface area contributed by atoms with E-state index in [-0.39, 0.29) is 30.0 Å². The number of ether oxygens (including phenoxy) is 2. The molecule has 3 N–H and O–H groups in total. The van der Waals surface area contributed by atoms with Gasteiger partial charge < -0.3 is 25.4 Å². The molecule has 1 aliphatic rings. The average molecular weight is 416 g/mol. The number of allylic oxidation sites excluding steroid dienone is 3. The Morgan fingerprint density at radius 3 is 2.07 bits per heavy atom. The van der Waals surface area contributed by atoms with E-state index < -0.39 is 5.60 Å². The van der Waals surface area contributed by atoms with Crippen LogP contribution in [0.5, 0.6) is 0 Å². The van der Waals surface area contributed by atoms with Gasteiger partial charge in [0.2, 0.25) is 5.91 Å². The molecule has 0 aromatic heterocycles. The molecule has 0 radical (unpaired) electrons. The Morgan fingerprint density at radius 2 is 1.61 bits per heavy atom.